The molecule has 2 aliphatic rings. The molecule has 1 saturated carbocycles. The Morgan fingerprint density at radius 2 is 2.26 bits per heavy atom. The van der Waals surface area contributed by atoms with Gasteiger partial charge in [-0.25, -0.2) is 4.79 Å². The quantitative estimate of drug-likeness (QED) is 0.782. The Morgan fingerprint density at radius 1 is 1.43 bits per heavy atom. The average Bonchev–Trinajstić information content (AvgIpc) is 3.16. The number of nitrogens with zero attached hydrogens (tertiary/aromatic N) is 1. The van der Waals surface area contributed by atoms with Crippen molar-refractivity contribution < 1.29 is 9.59 Å². The molecule has 1 aromatic rings. The first-order valence-corrected chi connectivity index (χ1v) is 8.34. The van der Waals surface area contributed by atoms with Crippen LogP contribution in [0.15, 0.2) is 18.2 Å². The van der Waals surface area contributed by atoms with E-state index in [2.05, 4.69) is 10.6 Å². The second-order valence-electron chi connectivity index (χ2n) is 6.05. The molecule has 2 atom stereocenters. The summed E-state index contributed by atoms with van der Waals surface area (Å²) >= 11 is 6.19. The molecule has 0 radical (unpaired) electrons. The molecule has 7 heteroatoms. The molecule has 0 unspecified atom stereocenters. The highest BCUT2D eigenvalue weighted by molar-refractivity contribution is 6.34. The number of carbonyl (C=O) groups excluding carboxylic acids is 2. The van der Waals surface area contributed by atoms with E-state index in [1.807, 2.05) is 0 Å². The molecule has 124 valence electrons. The highest BCUT2D eigenvalue weighted by Crippen LogP contribution is 2.27. The first-order valence-electron chi connectivity index (χ1n) is 7.96. The lowest BCUT2D eigenvalue weighted by atomic mass is 10.0. The molecular formula is C16H21ClN4O2. The van der Waals surface area contributed by atoms with Crippen molar-refractivity contribution in [2.75, 3.05) is 24.5 Å². The molecule has 2 fully saturated rings. The third-order valence-electron chi connectivity index (χ3n) is 4.64. The highest BCUT2D eigenvalue weighted by atomic mass is 35.5. The van der Waals surface area contributed by atoms with Crippen LogP contribution in [0.1, 0.15) is 29.6 Å². The number of nitrogens with two attached hydrogens (primary N) is 1. The normalized spacial score (nSPS) is 23.9. The van der Waals surface area contributed by atoms with Gasteiger partial charge in [0.2, 0.25) is 0 Å². The zero-order valence-corrected chi connectivity index (χ0v) is 13.6. The van der Waals surface area contributed by atoms with Crippen LogP contribution in [0.2, 0.25) is 5.02 Å². The molecule has 4 N–H and O–H groups in total. The average molecular weight is 337 g/mol. The summed E-state index contributed by atoms with van der Waals surface area (Å²) in [5, 5.41) is 6.17. The summed E-state index contributed by atoms with van der Waals surface area (Å²) in [6.07, 6.45) is 3.07. The fourth-order valence-corrected chi connectivity index (χ4v) is 3.53. The van der Waals surface area contributed by atoms with Crippen molar-refractivity contribution in [2.45, 2.75) is 25.3 Å². The van der Waals surface area contributed by atoms with Crippen LogP contribution in [-0.2, 0) is 0 Å². The number of hydrogen-bond donors (Lipinski definition) is 3. The van der Waals surface area contributed by atoms with Gasteiger partial charge in [-0.1, -0.05) is 18.0 Å². The van der Waals surface area contributed by atoms with Crippen LogP contribution < -0.4 is 21.3 Å². The molecule has 0 spiro atoms. The van der Waals surface area contributed by atoms with Crippen molar-refractivity contribution in [1.29, 1.82) is 0 Å². The van der Waals surface area contributed by atoms with Crippen molar-refractivity contribution in [3.8, 4) is 0 Å². The number of nitrogens with one attached hydrogen (secondary N) is 2. The lowest BCUT2D eigenvalue weighted by Gasteiger charge is -2.21. The monoisotopic (exact) mass is 336 g/mol. The zero-order chi connectivity index (χ0) is 16.4. The van der Waals surface area contributed by atoms with Crippen molar-refractivity contribution in [2.24, 2.45) is 11.7 Å². The summed E-state index contributed by atoms with van der Waals surface area (Å²) in [5.74, 6) is 0.118. The van der Waals surface area contributed by atoms with Gasteiger partial charge in [-0.3, -0.25) is 9.69 Å². The largest absolute Gasteiger partial charge is 0.349 e. The standard InChI is InChI=1S/C16H21ClN4O2/c17-13-5-4-11(21-7-6-19-16(21)23)8-12(13)15(22)20-14-3-1-2-10(14)9-18/h4-5,8,10,14H,1-3,6-7,9,18H2,(H,19,23)(H,20,22)/t10-,14-/m0/s1. The van der Waals surface area contributed by atoms with E-state index in [4.69, 9.17) is 17.3 Å². The van der Waals surface area contributed by atoms with Gasteiger partial charge in [-0.15, -0.1) is 0 Å². The van der Waals surface area contributed by atoms with E-state index in [9.17, 15) is 9.59 Å². The van der Waals surface area contributed by atoms with Crippen LogP contribution in [0.3, 0.4) is 0 Å². The summed E-state index contributed by atoms with van der Waals surface area (Å²) < 4.78 is 0. The van der Waals surface area contributed by atoms with Gasteiger partial charge in [0.1, 0.15) is 0 Å². The van der Waals surface area contributed by atoms with Gasteiger partial charge in [0, 0.05) is 24.8 Å². The molecule has 1 aliphatic heterocycles. The van der Waals surface area contributed by atoms with Crippen molar-refractivity contribution >= 4 is 29.2 Å². The molecule has 23 heavy (non-hydrogen) atoms. The molecule has 1 heterocycles. The molecule has 3 amide bonds. The van der Waals surface area contributed by atoms with Crippen molar-refractivity contribution in [1.82, 2.24) is 10.6 Å². The minimum absolute atomic E-state index is 0.0994. The maximum absolute atomic E-state index is 12.6. The van der Waals surface area contributed by atoms with Gasteiger partial charge in [0.05, 0.1) is 10.6 Å². The lowest BCUT2D eigenvalue weighted by Crippen LogP contribution is -2.40. The number of halogens is 1. The molecule has 1 aliphatic carbocycles. The van der Waals surface area contributed by atoms with E-state index in [0.29, 0.717) is 41.8 Å². The number of hydrogen-bond acceptors (Lipinski definition) is 3. The summed E-state index contributed by atoms with van der Waals surface area (Å²) in [4.78, 5) is 25.9. The van der Waals surface area contributed by atoms with Crippen LogP contribution in [0.5, 0.6) is 0 Å². The second kappa shape index (κ2) is 6.76. The van der Waals surface area contributed by atoms with E-state index < -0.39 is 0 Å². The van der Waals surface area contributed by atoms with Gasteiger partial charge in [-0.05, 0) is 43.5 Å². The molecule has 3 rings (SSSR count). The molecular weight excluding hydrogens is 316 g/mol. The Labute approximate surface area is 140 Å². The number of anilines is 1. The lowest BCUT2D eigenvalue weighted by molar-refractivity contribution is 0.0929. The number of urea groups is 1. The number of carbonyl (C=O) groups is 2. The van der Waals surface area contributed by atoms with Gasteiger partial charge in [0.15, 0.2) is 0 Å². The third-order valence-corrected chi connectivity index (χ3v) is 4.97. The fraction of sp³-hybridized carbons (Fsp3) is 0.500. The Kier molecular flexibility index (Phi) is 4.73. The smallest absolute Gasteiger partial charge is 0.321 e. The Balaban J connectivity index is 1.78. The number of benzene rings is 1. The summed E-state index contributed by atoms with van der Waals surface area (Å²) in [5.41, 5.74) is 6.83. The van der Waals surface area contributed by atoms with Crippen LogP contribution in [0.4, 0.5) is 10.5 Å². The summed E-state index contributed by atoms with van der Waals surface area (Å²) in [6.45, 7) is 1.76. The molecule has 1 saturated heterocycles. The third kappa shape index (κ3) is 3.28. The van der Waals surface area contributed by atoms with Crippen molar-refractivity contribution in [3.05, 3.63) is 28.8 Å². The van der Waals surface area contributed by atoms with Gasteiger partial charge in [0.25, 0.3) is 5.91 Å². The maximum Gasteiger partial charge on any atom is 0.321 e. The van der Waals surface area contributed by atoms with Gasteiger partial charge >= 0.3 is 6.03 Å². The van der Waals surface area contributed by atoms with Crippen LogP contribution in [0.25, 0.3) is 0 Å². The minimum atomic E-state index is -0.207. The van der Waals surface area contributed by atoms with Crippen LogP contribution in [0, 0.1) is 5.92 Å². The number of rotatable bonds is 4. The van der Waals surface area contributed by atoms with Gasteiger partial charge < -0.3 is 16.4 Å². The Bertz CT molecular complexity index is 622. The molecule has 0 bridgehead atoms. The zero-order valence-electron chi connectivity index (χ0n) is 12.8. The van der Waals surface area contributed by atoms with Crippen LogP contribution in [-0.4, -0.2) is 37.6 Å². The Hall–Kier alpha value is -1.79. The molecule has 0 aromatic heterocycles. The first-order chi connectivity index (χ1) is 11.1. The predicted molar refractivity (Wildman–Crippen MR) is 89.8 cm³/mol. The topological polar surface area (TPSA) is 87.5 Å². The summed E-state index contributed by atoms with van der Waals surface area (Å²) in [6, 6.07) is 5.03. The molecule has 6 nitrogen and oxygen atoms in total. The van der Waals surface area contributed by atoms with E-state index in [1.54, 1.807) is 23.1 Å². The van der Waals surface area contributed by atoms with E-state index in [-0.39, 0.29) is 18.0 Å². The molecule has 1 aromatic carbocycles. The maximum atomic E-state index is 12.6. The SMILES string of the molecule is NC[C@@H]1CCC[C@@H]1NC(=O)c1cc(N2CCNC2=O)ccc1Cl. The second-order valence-corrected chi connectivity index (χ2v) is 6.46. The fourth-order valence-electron chi connectivity index (χ4n) is 3.33. The first kappa shape index (κ1) is 16.1. The van der Waals surface area contributed by atoms with Crippen LogP contribution >= 0.6 is 11.6 Å². The van der Waals surface area contributed by atoms with Gasteiger partial charge in [-0.2, -0.15) is 0 Å². The predicted octanol–water partition coefficient (Wildman–Crippen LogP) is 1.73. The van der Waals surface area contributed by atoms with E-state index in [0.717, 1.165) is 19.3 Å². The summed E-state index contributed by atoms with van der Waals surface area (Å²) in [7, 11) is 0. The minimum Gasteiger partial charge on any atom is -0.349 e. The van der Waals surface area contributed by atoms with Crippen molar-refractivity contribution in [3.63, 3.8) is 0 Å². The Morgan fingerprint density at radius 3 is 2.96 bits per heavy atom. The highest BCUT2D eigenvalue weighted by Gasteiger charge is 2.29. The van der Waals surface area contributed by atoms with E-state index >= 15 is 0 Å². The number of amides is 3. The van der Waals surface area contributed by atoms with E-state index in [1.165, 1.54) is 0 Å².